The van der Waals surface area contributed by atoms with Gasteiger partial charge in [-0.05, 0) is 12.1 Å². The number of hydrogen-bond acceptors (Lipinski definition) is 2. The molecule has 12 heavy (non-hydrogen) atoms. The van der Waals surface area contributed by atoms with E-state index in [2.05, 4.69) is 20.9 Å². The number of hydrogen-bond donors (Lipinski definition) is 0. The number of pyridine rings is 1. The van der Waals surface area contributed by atoms with Crippen LogP contribution in [0.4, 0.5) is 4.39 Å². The number of nitrogens with zero attached hydrogens (tertiary/aromatic N) is 1. The third kappa shape index (κ3) is 1.25. The van der Waals surface area contributed by atoms with Gasteiger partial charge in [0.1, 0.15) is 0 Å². The molecule has 2 rings (SSSR count). The van der Waals surface area contributed by atoms with Gasteiger partial charge in [-0.25, -0.2) is 4.39 Å². The Morgan fingerprint density at radius 2 is 2.33 bits per heavy atom. The Morgan fingerprint density at radius 3 is 2.83 bits per heavy atom. The van der Waals surface area contributed by atoms with E-state index in [1.165, 1.54) is 0 Å². The van der Waals surface area contributed by atoms with Crippen molar-refractivity contribution in [2.75, 3.05) is 13.2 Å². The monoisotopic (exact) mass is 231 g/mol. The summed E-state index contributed by atoms with van der Waals surface area (Å²) in [6.45, 7) is 0.243. The van der Waals surface area contributed by atoms with Crippen molar-refractivity contribution >= 4 is 15.9 Å². The highest BCUT2D eigenvalue weighted by Crippen LogP contribution is 2.33. The van der Waals surface area contributed by atoms with Gasteiger partial charge in [0.2, 0.25) is 0 Å². The molecule has 0 spiro atoms. The number of aromatic nitrogens is 1. The van der Waals surface area contributed by atoms with Crippen molar-refractivity contribution < 1.29 is 9.13 Å². The van der Waals surface area contributed by atoms with Crippen LogP contribution in [0.5, 0.6) is 0 Å². The second-order valence-electron chi connectivity index (χ2n) is 2.82. The van der Waals surface area contributed by atoms with E-state index in [0.717, 1.165) is 4.47 Å². The summed E-state index contributed by atoms with van der Waals surface area (Å²) in [6.07, 6.45) is 1.58. The van der Waals surface area contributed by atoms with Gasteiger partial charge in [0.25, 0.3) is 0 Å². The van der Waals surface area contributed by atoms with Crippen LogP contribution in [0.25, 0.3) is 0 Å². The van der Waals surface area contributed by atoms with Gasteiger partial charge in [-0.3, -0.25) is 4.98 Å². The normalized spacial score (nSPS) is 20.2. The minimum Gasteiger partial charge on any atom is -0.374 e. The molecule has 4 heteroatoms. The van der Waals surface area contributed by atoms with Crippen molar-refractivity contribution in [3.05, 3.63) is 28.5 Å². The molecule has 0 radical (unpaired) electrons. The molecule has 0 aliphatic carbocycles. The molecule has 0 amide bonds. The SMILES string of the molecule is FC1(c2cc(Br)ccn2)COC1. The highest BCUT2D eigenvalue weighted by atomic mass is 79.9. The van der Waals surface area contributed by atoms with Gasteiger partial charge < -0.3 is 4.74 Å². The zero-order valence-electron chi connectivity index (χ0n) is 6.26. The molecule has 0 bridgehead atoms. The lowest BCUT2D eigenvalue weighted by Gasteiger charge is -2.32. The molecule has 1 aromatic rings. The molecule has 2 nitrogen and oxygen atoms in total. The summed E-state index contributed by atoms with van der Waals surface area (Å²) in [5.74, 6) is 0. The molecule has 0 saturated carbocycles. The van der Waals surface area contributed by atoms with Crippen LogP contribution in [0.1, 0.15) is 5.69 Å². The summed E-state index contributed by atoms with van der Waals surface area (Å²) in [5, 5.41) is 0. The van der Waals surface area contributed by atoms with Crippen LogP contribution in [-0.4, -0.2) is 18.2 Å². The molecule has 0 atom stereocenters. The molecular formula is C8H7BrFNO. The fourth-order valence-electron chi connectivity index (χ4n) is 1.08. The highest BCUT2D eigenvalue weighted by Gasteiger charge is 2.42. The standard InChI is InChI=1S/C8H7BrFNO/c9-6-1-2-11-7(3-6)8(10)4-12-5-8/h1-3H,4-5H2. The molecule has 1 aliphatic rings. The Balaban J connectivity index is 2.33. The largest absolute Gasteiger partial charge is 0.374 e. The zero-order valence-corrected chi connectivity index (χ0v) is 7.84. The number of alkyl halides is 1. The summed E-state index contributed by atoms with van der Waals surface area (Å²) in [4.78, 5) is 3.95. The Labute approximate surface area is 77.9 Å². The van der Waals surface area contributed by atoms with Gasteiger partial charge in [0.15, 0.2) is 5.67 Å². The number of halogens is 2. The third-order valence-corrected chi connectivity index (χ3v) is 2.34. The summed E-state index contributed by atoms with van der Waals surface area (Å²) in [5.41, 5.74) is -0.910. The van der Waals surface area contributed by atoms with Gasteiger partial charge in [-0.1, -0.05) is 15.9 Å². The van der Waals surface area contributed by atoms with E-state index in [9.17, 15) is 4.39 Å². The molecular weight excluding hydrogens is 225 g/mol. The van der Waals surface area contributed by atoms with Crippen LogP contribution in [-0.2, 0) is 10.4 Å². The minimum absolute atomic E-state index is 0.121. The smallest absolute Gasteiger partial charge is 0.198 e. The summed E-state index contributed by atoms with van der Waals surface area (Å²) in [6, 6.07) is 3.45. The first-order valence-electron chi connectivity index (χ1n) is 3.59. The molecule has 1 fully saturated rings. The Morgan fingerprint density at radius 1 is 1.58 bits per heavy atom. The van der Waals surface area contributed by atoms with E-state index in [1.807, 2.05) is 0 Å². The van der Waals surface area contributed by atoms with Crippen LogP contribution in [0, 0.1) is 0 Å². The maximum absolute atomic E-state index is 13.6. The van der Waals surface area contributed by atoms with Crippen molar-refractivity contribution in [2.45, 2.75) is 5.67 Å². The first-order valence-corrected chi connectivity index (χ1v) is 4.39. The second kappa shape index (κ2) is 2.78. The lowest BCUT2D eigenvalue weighted by molar-refractivity contribution is -0.137. The summed E-state index contributed by atoms with van der Waals surface area (Å²) < 4.78 is 19.3. The van der Waals surface area contributed by atoms with Crippen LogP contribution in [0.2, 0.25) is 0 Å². The topological polar surface area (TPSA) is 22.1 Å². The van der Waals surface area contributed by atoms with Crippen LogP contribution in [0.15, 0.2) is 22.8 Å². The molecule has 2 heterocycles. The predicted molar refractivity (Wildman–Crippen MR) is 45.5 cm³/mol. The molecule has 1 aromatic heterocycles. The Hall–Kier alpha value is -0.480. The molecule has 64 valence electrons. The van der Waals surface area contributed by atoms with Gasteiger partial charge in [0.05, 0.1) is 18.9 Å². The van der Waals surface area contributed by atoms with E-state index >= 15 is 0 Å². The van der Waals surface area contributed by atoms with E-state index in [4.69, 9.17) is 4.74 Å². The first kappa shape index (κ1) is 8.13. The molecule has 0 N–H and O–H groups in total. The number of rotatable bonds is 1. The fourth-order valence-corrected chi connectivity index (χ4v) is 1.41. The van der Waals surface area contributed by atoms with Crippen LogP contribution in [0.3, 0.4) is 0 Å². The Bertz CT molecular complexity index is 301. The third-order valence-electron chi connectivity index (χ3n) is 1.84. The van der Waals surface area contributed by atoms with Crippen LogP contribution < -0.4 is 0 Å². The van der Waals surface area contributed by atoms with Crippen molar-refractivity contribution in [2.24, 2.45) is 0 Å². The van der Waals surface area contributed by atoms with Gasteiger partial charge in [0, 0.05) is 10.7 Å². The zero-order chi connectivity index (χ0) is 8.60. The lowest BCUT2D eigenvalue weighted by atomic mass is 10.00. The van der Waals surface area contributed by atoms with E-state index in [0.29, 0.717) is 5.69 Å². The van der Waals surface area contributed by atoms with Crippen molar-refractivity contribution in [3.8, 4) is 0 Å². The highest BCUT2D eigenvalue weighted by molar-refractivity contribution is 9.10. The average molecular weight is 232 g/mol. The van der Waals surface area contributed by atoms with E-state index in [1.54, 1.807) is 18.3 Å². The van der Waals surface area contributed by atoms with Gasteiger partial charge in [-0.15, -0.1) is 0 Å². The van der Waals surface area contributed by atoms with E-state index in [-0.39, 0.29) is 13.2 Å². The molecule has 1 saturated heterocycles. The average Bonchev–Trinajstić information content (AvgIpc) is 2.00. The Kier molecular flexibility index (Phi) is 1.88. The van der Waals surface area contributed by atoms with Crippen molar-refractivity contribution in [3.63, 3.8) is 0 Å². The minimum atomic E-state index is -1.36. The molecule has 0 aromatic carbocycles. The maximum atomic E-state index is 13.6. The van der Waals surface area contributed by atoms with Gasteiger partial charge in [-0.2, -0.15) is 0 Å². The van der Waals surface area contributed by atoms with Crippen molar-refractivity contribution in [1.82, 2.24) is 4.98 Å². The first-order chi connectivity index (χ1) is 5.71. The maximum Gasteiger partial charge on any atom is 0.198 e. The second-order valence-corrected chi connectivity index (χ2v) is 3.73. The van der Waals surface area contributed by atoms with Gasteiger partial charge >= 0.3 is 0 Å². The fraction of sp³-hybridized carbons (Fsp3) is 0.375. The lowest BCUT2D eigenvalue weighted by Crippen LogP contribution is -2.43. The summed E-state index contributed by atoms with van der Waals surface area (Å²) in [7, 11) is 0. The van der Waals surface area contributed by atoms with Crippen molar-refractivity contribution in [1.29, 1.82) is 0 Å². The van der Waals surface area contributed by atoms with Crippen LogP contribution >= 0.6 is 15.9 Å². The molecule has 0 unspecified atom stereocenters. The number of ether oxygens (including phenoxy) is 1. The molecule has 1 aliphatic heterocycles. The summed E-state index contributed by atoms with van der Waals surface area (Å²) >= 11 is 3.26. The van der Waals surface area contributed by atoms with E-state index < -0.39 is 5.67 Å². The predicted octanol–water partition coefficient (Wildman–Crippen LogP) is 2.04. The quantitative estimate of drug-likeness (QED) is 0.739.